The van der Waals surface area contributed by atoms with Crippen molar-refractivity contribution in [2.24, 2.45) is 4.99 Å². The molecule has 1 heterocycles. The topological polar surface area (TPSA) is 24.4 Å². The molecule has 1 saturated heterocycles. The highest BCUT2D eigenvalue weighted by Gasteiger charge is 2.38. The van der Waals surface area contributed by atoms with Crippen LogP contribution in [-0.2, 0) is 0 Å². The molecule has 0 amide bonds. The normalized spacial score (nSPS) is 26.4. The Morgan fingerprint density at radius 2 is 2.06 bits per heavy atom. The van der Waals surface area contributed by atoms with Crippen molar-refractivity contribution in [1.29, 1.82) is 0 Å². The van der Waals surface area contributed by atoms with Crippen molar-refractivity contribution in [2.45, 2.75) is 83.2 Å². The Labute approximate surface area is 116 Å². The van der Waals surface area contributed by atoms with Gasteiger partial charge in [-0.1, -0.05) is 57.2 Å². The molecular formula is C15H28N2S. The van der Waals surface area contributed by atoms with Crippen LogP contribution in [-0.4, -0.2) is 22.5 Å². The van der Waals surface area contributed by atoms with Crippen molar-refractivity contribution in [3.05, 3.63) is 0 Å². The molecule has 0 aromatic carbocycles. The first-order chi connectivity index (χ1) is 8.74. The molecular weight excluding hydrogens is 240 g/mol. The molecule has 2 nitrogen and oxygen atoms in total. The molecule has 0 radical (unpaired) electrons. The number of hydrogen-bond acceptors (Lipinski definition) is 2. The molecule has 2 aliphatic rings. The van der Waals surface area contributed by atoms with Crippen molar-refractivity contribution in [1.82, 2.24) is 5.32 Å². The Kier molecular flexibility index (Phi) is 5.40. The third-order valence-corrected chi connectivity index (χ3v) is 5.41. The van der Waals surface area contributed by atoms with Gasteiger partial charge >= 0.3 is 0 Å². The van der Waals surface area contributed by atoms with Gasteiger partial charge in [-0.2, -0.15) is 0 Å². The molecule has 0 bridgehead atoms. The predicted molar refractivity (Wildman–Crippen MR) is 82.4 cm³/mol. The number of thioether (sulfide) groups is 1. The lowest BCUT2D eigenvalue weighted by atomic mass is 9.83. The summed E-state index contributed by atoms with van der Waals surface area (Å²) in [4.78, 5) is 4.87. The highest BCUT2D eigenvalue weighted by Crippen LogP contribution is 2.36. The number of amidine groups is 1. The second kappa shape index (κ2) is 6.83. The van der Waals surface area contributed by atoms with Gasteiger partial charge in [-0.3, -0.25) is 4.99 Å². The predicted octanol–water partition coefficient (Wildman–Crippen LogP) is 4.35. The van der Waals surface area contributed by atoms with Gasteiger partial charge in [-0.15, -0.1) is 0 Å². The molecule has 1 spiro atoms. The average Bonchev–Trinajstić information content (AvgIpc) is 2.73. The number of nitrogens with one attached hydrogen (secondary N) is 1. The first-order valence-corrected chi connectivity index (χ1v) is 8.71. The minimum Gasteiger partial charge on any atom is -0.359 e. The van der Waals surface area contributed by atoms with Gasteiger partial charge in [0, 0.05) is 17.3 Å². The number of aliphatic imine (C=N–C) groups is 1. The van der Waals surface area contributed by atoms with E-state index in [1.54, 1.807) is 0 Å². The second-order valence-electron chi connectivity index (χ2n) is 6.03. The van der Waals surface area contributed by atoms with E-state index in [2.05, 4.69) is 19.2 Å². The molecule has 104 valence electrons. The monoisotopic (exact) mass is 268 g/mol. The van der Waals surface area contributed by atoms with Gasteiger partial charge in [-0.25, -0.2) is 0 Å². The minimum atomic E-state index is 0.408. The molecule has 1 N–H and O–H groups in total. The van der Waals surface area contributed by atoms with Crippen LogP contribution in [0, 0.1) is 0 Å². The van der Waals surface area contributed by atoms with Crippen molar-refractivity contribution >= 4 is 16.9 Å². The van der Waals surface area contributed by atoms with Crippen LogP contribution < -0.4 is 5.32 Å². The Hall–Kier alpha value is -0.180. The van der Waals surface area contributed by atoms with E-state index >= 15 is 0 Å². The molecule has 1 aliphatic heterocycles. The molecule has 1 saturated carbocycles. The fourth-order valence-corrected chi connectivity index (χ4v) is 4.34. The first kappa shape index (κ1) is 14.2. The minimum absolute atomic E-state index is 0.408. The summed E-state index contributed by atoms with van der Waals surface area (Å²) in [6.07, 6.45) is 12.1. The van der Waals surface area contributed by atoms with Crippen LogP contribution in [0.15, 0.2) is 4.99 Å². The van der Waals surface area contributed by atoms with Crippen molar-refractivity contribution in [2.75, 3.05) is 5.75 Å². The summed E-state index contributed by atoms with van der Waals surface area (Å²) in [7, 11) is 0. The zero-order valence-electron chi connectivity index (χ0n) is 12.0. The smallest absolute Gasteiger partial charge is 0.157 e. The number of rotatable bonds is 5. The molecule has 18 heavy (non-hydrogen) atoms. The molecule has 1 atom stereocenters. The lowest BCUT2D eigenvalue weighted by Crippen LogP contribution is -2.45. The number of unbranched alkanes of at least 4 members (excludes halogenated alkanes) is 2. The van der Waals surface area contributed by atoms with Crippen molar-refractivity contribution < 1.29 is 0 Å². The van der Waals surface area contributed by atoms with E-state index in [-0.39, 0.29) is 0 Å². The van der Waals surface area contributed by atoms with Crippen LogP contribution in [0.25, 0.3) is 0 Å². The third-order valence-electron chi connectivity index (χ3n) is 4.23. The summed E-state index contributed by atoms with van der Waals surface area (Å²) in [5.41, 5.74) is 0.408. The number of hydrogen-bond donors (Lipinski definition) is 1. The van der Waals surface area contributed by atoms with Crippen molar-refractivity contribution in [3.63, 3.8) is 0 Å². The van der Waals surface area contributed by atoms with Gasteiger partial charge in [-0.05, 0) is 26.2 Å². The lowest BCUT2D eigenvalue weighted by Gasteiger charge is -2.32. The highest BCUT2D eigenvalue weighted by molar-refractivity contribution is 8.14. The van der Waals surface area contributed by atoms with Crippen molar-refractivity contribution in [3.8, 4) is 0 Å². The maximum Gasteiger partial charge on any atom is 0.157 e. The fourth-order valence-electron chi connectivity index (χ4n) is 3.03. The SMILES string of the molecule is CCCCCC(C)N=C1NC2(CCCCC2)CS1. The summed E-state index contributed by atoms with van der Waals surface area (Å²) in [5, 5.41) is 4.96. The quantitative estimate of drug-likeness (QED) is 0.750. The lowest BCUT2D eigenvalue weighted by molar-refractivity contribution is 0.303. The molecule has 2 rings (SSSR count). The van der Waals surface area contributed by atoms with Gasteiger partial charge in [0.1, 0.15) is 0 Å². The number of nitrogens with zero attached hydrogens (tertiary/aromatic N) is 1. The van der Waals surface area contributed by atoms with Crippen LogP contribution in [0.1, 0.15) is 71.6 Å². The van der Waals surface area contributed by atoms with Crippen LogP contribution >= 0.6 is 11.8 Å². The van der Waals surface area contributed by atoms with Crippen LogP contribution in [0.5, 0.6) is 0 Å². The summed E-state index contributed by atoms with van der Waals surface area (Å²) in [5.74, 6) is 1.24. The summed E-state index contributed by atoms with van der Waals surface area (Å²) in [6.45, 7) is 4.52. The molecule has 2 fully saturated rings. The van der Waals surface area contributed by atoms with Gasteiger partial charge in [0.2, 0.25) is 0 Å². The molecule has 0 aromatic rings. The second-order valence-corrected chi connectivity index (χ2v) is 7.00. The third kappa shape index (κ3) is 3.91. The zero-order valence-corrected chi connectivity index (χ0v) is 12.8. The van der Waals surface area contributed by atoms with E-state index in [1.165, 1.54) is 68.7 Å². The van der Waals surface area contributed by atoms with E-state index in [9.17, 15) is 0 Å². The Balaban J connectivity index is 1.80. The molecule has 1 unspecified atom stereocenters. The van der Waals surface area contributed by atoms with E-state index < -0.39 is 0 Å². The van der Waals surface area contributed by atoms with Gasteiger partial charge in [0.05, 0.1) is 0 Å². The molecule has 3 heteroatoms. The highest BCUT2D eigenvalue weighted by atomic mass is 32.2. The van der Waals surface area contributed by atoms with E-state index in [1.807, 2.05) is 11.8 Å². The maximum absolute atomic E-state index is 4.87. The summed E-state index contributed by atoms with van der Waals surface area (Å²) >= 11 is 1.95. The first-order valence-electron chi connectivity index (χ1n) is 7.73. The Morgan fingerprint density at radius 3 is 2.78 bits per heavy atom. The van der Waals surface area contributed by atoms with Gasteiger partial charge in [0.15, 0.2) is 5.17 Å². The fraction of sp³-hybridized carbons (Fsp3) is 0.933. The molecule has 1 aliphatic carbocycles. The summed E-state index contributed by atoms with van der Waals surface area (Å²) in [6, 6.07) is 0.491. The summed E-state index contributed by atoms with van der Waals surface area (Å²) < 4.78 is 0. The zero-order chi connectivity index (χ0) is 12.8. The van der Waals surface area contributed by atoms with Gasteiger partial charge in [0.25, 0.3) is 0 Å². The maximum atomic E-state index is 4.87. The van der Waals surface area contributed by atoms with Crippen LogP contribution in [0.4, 0.5) is 0 Å². The van der Waals surface area contributed by atoms with Crippen LogP contribution in [0.3, 0.4) is 0 Å². The van der Waals surface area contributed by atoms with Gasteiger partial charge < -0.3 is 5.32 Å². The Bertz CT molecular complexity index is 282. The van der Waals surface area contributed by atoms with E-state index in [0.717, 1.165) is 0 Å². The van der Waals surface area contributed by atoms with E-state index in [4.69, 9.17) is 4.99 Å². The molecule has 0 aromatic heterocycles. The average molecular weight is 268 g/mol. The van der Waals surface area contributed by atoms with E-state index in [0.29, 0.717) is 11.6 Å². The largest absolute Gasteiger partial charge is 0.359 e. The van der Waals surface area contributed by atoms with Crippen LogP contribution in [0.2, 0.25) is 0 Å². The standard InChI is InChI=1S/C15H28N2S/c1-3-4-6-9-13(2)16-14-17-15(12-18-14)10-7-5-8-11-15/h13H,3-12H2,1-2H3,(H,16,17). The Morgan fingerprint density at radius 1 is 1.28 bits per heavy atom.